The molecule has 2 aliphatic heterocycles. The van der Waals surface area contributed by atoms with Gasteiger partial charge in [-0.05, 0) is 32.8 Å². The van der Waals surface area contributed by atoms with Gasteiger partial charge >= 0.3 is 0 Å². The van der Waals surface area contributed by atoms with Gasteiger partial charge in [0.2, 0.25) is 0 Å². The molecule has 0 atom stereocenters. The van der Waals surface area contributed by atoms with Crippen molar-refractivity contribution in [2.45, 2.75) is 26.7 Å². The number of carbonyl (C=O) groups is 1. The molecule has 2 fully saturated rings. The molecular formula is C16H23NO2. The lowest BCUT2D eigenvalue weighted by molar-refractivity contribution is -0.105. The van der Waals surface area contributed by atoms with Crippen molar-refractivity contribution >= 4 is 6.29 Å². The van der Waals surface area contributed by atoms with Gasteiger partial charge in [0.05, 0.1) is 0 Å². The van der Waals surface area contributed by atoms with E-state index in [2.05, 4.69) is 11.5 Å². The summed E-state index contributed by atoms with van der Waals surface area (Å²) in [7, 11) is 0. The van der Waals surface area contributed by atoms with Gasteiger partial charge in [0.1, 0.15) is 0 Å². The number of aldehydes is 1. The van der Waals surface area contributed by atoms with Crippen LogP contribution in [0.3, 0.4) is 0 Å². The predicted molar refractivity (Wildman–Crippen MR) is 76.8 cm³/mol. The van der Waals surface area contributed by atoms with Gasteiger partial charge < -0.3 is 9.64 Å². The fourth-order valence-corrected chi connectivity index (χ4v) is 2.77. The third-order valence-corrected chi connectivity index (χ3v) is 4.29. The van der Waals surface area contributed by atoms with Gasteiger partial charge in [0, 0.05) is 43.0 Å². The molecule has 2 aliphatic rings. The highest BCUT2D eigenvalue weighted by Crippen LogP contribution is 2.42. The van der Waals surface area contributed by atoms with Gasteiger partial charge in [-0.2, -0.15) is 0 Å². The van der Waals surface area contributed by atoms with Gasteiger partial charge in [0.25, 0.3) is 0 Å². The number of hydrogen-bond acceptors (Lipinski definition) is 3. The summed E-state index contributed by atoms with van der Waals surface area (Å²) in [6, 6.07) is 0. The monoisotopic (exact) mass is 261 g/mol. The molecule has 1 spiro atoms. The fourth-order valence-electron chi connectivity index (χ4n) is 2.77. The van der Waals surface area contributed by atoms with E-state index in [0.29, 0.717) is 11.0 Å². The normalized spacial score (nSPS) is 23.2. The summed E-state index contributed by atoms with van der Waals surface area (Å²) in [5.74, 6) is 0. The Labute approximate surface area is 115 Å². The molecule has 0 aliphatic carbocycles. The molecule has 0 aromatic carbocycles. The summed E-state index contributed by atoms with van der Waals surface area (Å²) in [5, 5.41) is 0. The van der Waals surface area contributed by atoms with Crippen LogP contribution in [0.1, 0.15) is 26.7 Å². The summed E-state index contributed by atoms with van der Waals surface area (Å²) in [6.45, 7) is 11.8. The molecule has 0 aromatic heterocycles. The number of likely N-dealkylation sites (tertiary alicyclic amines) is 1. The van der Waals surface area contributed by atoms with Crippen molar-refractivity contribution in [1.29, 1.82) is 0 Å². The second-order valence-corrected chi connectivity index (χ2v) is 5.67. The summed E-state index contributed by atoms with van der Waals surface area (Å²) in [5.41, 5.74) is 3.04. The topological polar surface area (TPSA) is 29.5 Å². The highest BCUT2D eigenvalue weighted by molar-refractivity contribution is 5.80. The van der Waals surface area contributed by atoms with Gasteiger partial charge in [0.15, 0.2) is 6.29 Å². The van der Waals surface area contributed by atoms with Crippen LogP contribution < -0.4 is 0 Å². The Morgan fingerprint density at radius 2 is 1.95 bits per heavy atom. The lowest BCUT2D eigenvalue weighted by Gasteiger charge is -2.54. The van der Waals surface area contributed by atoms with E-state index in [1.807, 2.05) is 26.0 Å². The van der Waals surface area contributed by atoms with Crippen LogP contribution in [0.4, 0.5) is 0 Å². The molecular weight excluding hydrogens is 238 g/mol. The van der Waals surface area contributed by atoms with Crippen molar-refractivity contribution in [3.63, 3.8) is 0 Å². The minimum absolute atomic E-state index is 0.408. The third kappa shape index (κ3) is 2.98. The summed E-state index contributed by atoms with van der Waals surface area (Å²) < 4.78 is 5.42. The van der Waals surface area contributed by atoms with Gasteiger partial charge in [-0.25, -0.2) is 0 Å². The first-order chi connectivity index (χ1) is 9.10. The molecule has 3 nitrogen and oxygen atoms in total. The lowest BCUT2D eigenvalue weighted by atomic mass is 9.73. The van der Waals surface area contributed by atoms with Crippen molar-refractivity contribution in [1.82, 2.24) is 4.90 Å². The van der Waals surface area contributed by atoms with Crippen LogP contribution in [0.15, 0.2) is 35.6 Å². The minimum atomic E-state index is 0.408. The van der Waals surface area contributed by atoms with Crippen LogP contribution in [0.2, 0.25) is 0 Å². The number of carbonyl (C=O) groups excluding carboxylic acids is 1. The Kier molecular flexibility index (Phi) is 4.25. The number of rotatable bonds is 4. The Morgan fingerprint density at radius 1 is 1.32 bits per heavy atom. The largest absolute Gasteiger partial charge is 0.381 e. The van der Waals surface area contributed by atoms with Gasteiger partial charge in [-0.3, -0.25) is 4.79 Å². The quantitative estimate of drug-likeness (QED) is 0.443. The zero-order valence-electron chi connectivity index (χ0n) is 11.9. The molecule has 2 rings (SSSR count). The molecule has 0 radical (unpaired) electrons. The van der Waals surface area contributed by atoms with Crippen LogP contribution in [-0.4, -0.2) is 37.5 Å². The van der Waals surface area contributed by atoms with Crippen LogP contribution >= 0.6 is 0 Å². The van der Waals surface area contributed by atoms with E-state index >= 15 is 0 Å². The van der Waals surface area contributed by atoms with Crippen LogP contribution in [0, 0.1) is 5.41 Å². The summed E-state index contributed by atoms with van der Waals surface area (Å²) in [4.78, 5) is 13.4. The number of nitrogens with zero attached hydrogens (tertiary/aromatic N) is 1. The van der Waals surface area contributed by atoms with Crippen molar-refractivity contribution in [2.75, 3.05) is 26.3 Å². The van der Waals surface area contributed by atoms with E-state index in [1.54, 1.807) is 0 Å². The molecule has 2 saturated heterocycles. The van der Waals surface area contributed by atoms with Crippen molar-refractivity contribution in [2.24, 2.45) is 5.41 Å². The SMILES string of the molecule is C=C(/C(C=O)=C\C(C)=C/C)N1CC2(CCOCC2)C1. The summed E-state index contributed by atoms with van der Waals surface area (Å²) >= 11 is 0. The van der Waals surface area contributed by atoms with Crippen LogP contribution in [0.5, 0.6) is 0 Å². The zero-order valence-corrected chi connectivity index (χ0v) is 11.9. The maximum Gasteiger partial charge on any atom is 0.152 e. The number of ether oxygens (including phenoxy) is 1. The highest BCUT2D eigenvalue weighted by atomic mass is 16.5. The van der Waals surface area contributed by atoms with E-state index in [-0.39, 0.29) is 0 Å². The maximum atomic E-state index is 11.2. The average Bonchev–Trinajstić information content (AvgIpc) is 2.41. The first-order valence-corrected chi connectivity index (χ1v) is 6.92. The second-order valence-electron chi connectivity index (χ2n) is 5.67. The molecule has 0 bridgehead atoms. The van der Waals surface area contributed by atoms with E-state index < -0.39 is 0 Å². The first kappa shape index (κ1) is 14.1. The Bertz CT molecular complexity index is 420. The molecule has 0 amide bonds. The molecule has 2 heterocycles. The Balaban J connectivity index is 1.98. The molecule has 0 unspecified atom stereocenters. The van der Waals surface area contributed by atoms with Crippen molar-refractivity contribution in [3.05, 3.63) is 35.6 Å². The first-order valence-electron chi connectivity index (χ1n) is 6.92. The lowest BCUT2D eigenvalue weighted by Crippen LogP contribution is -2.57. The highest BCUT2D eigenvalue weighted by Gasteiger charge is 2.44. The standard InChI is InChI=1S/C16H23NO2/c1-4-13(2)9-15(10-18)14(3)17-11-16(12-17)5-7-19-8-6-16/h4,9-10H,3,5-8,11-12H2,1-2H3/b13-4-,15-9-. The van der Waals surface area contributed by atoms with Crippen molar-refractivity contribution < 1.29 is 9.53 Å². The third-order valence-electron chi connectivity index (χ3n) is 4.29. The predicted octanol–water partition coefficient (Wildman–Crippen LogP) is 2.70. The molecule has 0 N–H and O–H groups in total. The van der Waals surface area contributed by atoms with Crippen molar-refractivity contribution in [3.8, 4) is 0 Å². The zero-order chi connectivity index (χ0) is 13.9. The van der Waals surface area contributed by atoms with E-state index in [0.717, 1.165) is 56.7 Å². The number of hydrogen-bond donors (Lipinski definition) is 0. The maximum absolute atomic E-state index is 11.2. The summed E-state index contributed by atoms with van der Waals surface area (Å²) in [6.07, 6.45) is 7.07. The van der Waals surface area contributed by atoms with Gasteiger partial charge in [-0.15, -0.1) is 0 Å². The average molecular weight is 261 g/mol. The van der Waals surface area contributed by atoms with E-state index in [1.165, 1.54) is 0 Å². The molecule has 0 saturated carbocycles. The molecule has 104 valence electrons. The molecule has 3 heteroatoms. The Hall–Kier alpha value is -1.35. The number of allylic oxidation sites excluding steroid dienone is 4. The Morgan fingerprint density at radius 3 is 2.47 bits per heavy atom. The molecule has 0 aromatic rings. The van der Waals surface area contributed by atoms with Crippen LogP contribution in [0.25, 0.3) is 0 Å². The smallest absolute Gasteiger partial charge is 0.152 e. The molecule has 19 heavy (non-hydrogen) atoms. The van der Waals surface area contributed by atoms with Crippen LogP contribution in [-0.2, 0) is 9.53 Å². The van der Waals surface area contributed by atoms with E-state index in [4.69, 9.17) is 4.74 Å². The fraction of sp³-hybridized carbons (Fsp3) is 0.562. The second kappa shape index (κ2) is 5.74. The van der Waals surface area contributed by atoms with E-state index in [9.17, 15) is 4.79 Å². The van der Waals surface area contributed by atoms with Gasteiger partial charge in [-0.1, -0.05) is 18.2 Å². The minimum Gasteiger partial charge on any atom is -0.381 e.